The van der Waals surface area contributed by atoms with Gasteiger partial charge in [-0.25, -0.2) is 0 Å². The van der Waals surface area contributed by atoms with Crippen molar-refractivity contribution in [2.45, 2.75) is 43.4 Å². The summed E-state index contributed by atoms with van der Waals surface area (Å²) in [6, 6.07) is 0. The summed E-state index contributed by atoms with van der Waals surface area (Å²) in [5, 5.41) is 3.13. The molecule has 0 bridgehead atoms. The van der Waals surface area contributed by atoms with Crippen LogP contribution in [0.4, 0.5) is 0 Å². The van der Waals surface area contributed by atoms with Gasteiger partial charge in [0.2, 0.25) is 5.91 Å². The molecule has 0 aromatic rings. The Morgan fingerprint density at radius 2 is 2.07 bits per heavy atom. The summed E-state index contributed by atoms with van der Waals surface area (Å²) in [5.41, 5.74) is 5.64. The van der Waals surface area contributed by atoms with Crippen LogP contribution in [-0.4, -0.2) is 29.5 Å². The first-order chi connectivity index (χ1) is 6.63. The van der Waals surface area contributed by atoms with Gasteiger partial charge in [-0.05, 0) is 26.0 Å². The highest BCUT2D eigenvalue weighted by molar-refractivity contribution is 7.99. The average Bonchev–Trinajstić information content (AvgIpc) is 2.65. The van der Waals surface area contributed by atoms with Crippen LogP contribution in [-0.2, 0) is 4.79 Å². The Labute approximate surface area is 102 Å². The Balaban J connectivity index is 0.00000196. The Morgan fingerprint density at radius 3 is 2.47 bits per heavy atom. The summed E-state index contributed by atoms with van der Waals surface area (Å²) in [4.78, 5) is 11.7. The molecule has 1 amide bonds. The fraction of sp³-hybridized carbons (Fsp3) is 0.900. The van der Waals surface area contributed by atoms with E-state index in [1.807, 2.05) is 13.2 Å². The summed E-state index contributed by atoms with van der Waals surface area (Å²) in [5.74, 6) is 0.129. The maximum atomic E-state index is 11.7. The molecule has 0 aromatic heterocycles. The van der Waals surface area contributed by atoms with Gasteiger partial charge in [0.25, 0.3) is 0 Å². The second-order valence-electron chi connectivity index (χ2n) is 4.06. The number of carbonyl (C=O) groups excluding carboxylic acids is 1. The molecule has 1 aliphatic rings. The van der Waals surface area contributed by atoms with Crippen molar-refractivity contribution in [3.63, 3.8) is 0 Å². The molecule has 15 heavy (non-hydrogen) atoms. The summed E-state index contributed by atoms with van der Waals surface area (Å²) in [7, 11) is 0. The van der Waals surface area contributed by atoms with E-state index in [0.29, 0.717) is 6.54 Å². The first-order valence-corrected chi connectivity index (χ1v) is 6.47. The van der Waals surface area contributed by atoms with E-state index >= 15 is 0 Å². The standard InChI is InChI=1S/C10H20N2OS.ClH/c1-8(14-2)9(13)12-10(7-11)5-3-4-6-10;/h8H,3-7,11H2,1-2H3,(H,12,13);1H. The fourth-order valence-corrected chi connectivity index (χ4v) is 2.17. The lowest BCUT2D eigenvalue weighted by atomic mass is 9.98. The second kappa shape index (κ2) is 6.61. The van der Waals surface area contributed by atoms with Crippen LogP contribution in [0.1, 0.15) is 32.6 Å². The lowest BCUT2D eigenvalue weighted by Crippen LogP contribution is -2.53. The smallest absolute Gasteiger partial charge is 0.233 e. The summed E-state index contributed by atoms with van der Waals surface area (Å²) >= 11 is 1.57. The van der Waals surface area contributed by atoms with Crippen LogP contribution in [0.25, 0.3) is 0 Å². The minimum absolute atomic E-state index is 0. The first-order valence-electron chi connectivity index (χ1n) is 5.18. The molecule has 0 saturated heterocycles. The van der Waals surface area contributed by atoms with Crippen molar-refractivity contribution in [2.75, 3.05) is 12.8 Å². The van der Waals surface area contributed by atoms with Gasteiger partial charge in [-0.15, -0.1) is 12.4 Å². The van der Waals surface area contributed by atoms with Gasteiger partial charge in [0.05, 0.1) is 10.8 Å². The van der Waals surface area contributed by atoms with Gasteiger partial charge < -0.3 is 11.1 Å². The maximum absolute atomic E-state index is 11.7. The third-order valence-electron chi connectivity index (χ3n) is 3.06. The van der Waals surface area contributed by atoms with E-state index in [-0.39, 0.29) is 29.1 Å². The number of nitrogens with two attached hydrogens (primary N) is 1. The van der Waals surface area contributed by atoms with Crippen LogP contribution in [0.15, 0.2) is 0 Å². The summed E-state index contributed by atoms with van der Waals surface area (Å²) < 4.78 is 0. The van der Waals surface area contributed by atoms with Crippen LogP contribution in [0.5, 0.6) is 0 Å². The van der Waals surface area contributed by atoms with Crippen molar-refractivity contribution in [1.29, 1.82) is 0 Å². The molecule has 0 aromatic carbocycles. The molecule has 3 N–H and O–H groups in total. The minimum Gasteiger partial charge on any atom is -0.348 e. The third kappa shape index (κ3) is 3.85. The first kappa shape index (κ1) is 15.1. The van der Waals surface area contributed by atoms with E-state index in [4.69, 9.17) is 5.73 Å². The Morgan fingerprint density at radius 1 is 1.53 bits per heavy atom. The molecule has 5 heteroatoms. The van der Waals surface area contributed by atoms with E-state index < -0.39 is 0 Å². The summed E-state index contributed by atoms with van der Waals surface area (Å²) in [6.07, 6.45) is 6.40. The molecular weight excluding hydrogens is 232 g/mol. The monoisotopic (exact) mass is 252 g/mol. The lowest BCUT2D eigenvalue weighted by molar-refractivity contribution is -0.122. The number of carbonyl (C=O) groups is 1. The van der Waals surface area contributed by atoms with E-state index in [0.717, 1.165) is 12.8 Å². The molecule has 1 fully saturated rings. The molecule has 90 valence electrons. The number of hydrogen-bond donors (Lipinski definition) is 2. The van der Waals surface area contributed by atoms with Gasteiger partial charge in [-0.2, -0.15) is 11.8 Å². The van der Waals surface area contributed by atoms with Crippen molar-refractivity contribution in [1.82, 2.24) is 5.32 Å². The van der Waals surface area contributed by atoms with Crippen LogP contribution >= 0.6 is 24.2 Å². The van der Waals surface area contributed by atoms with Crippen LogP contribution in [0, 0.1) is 0 Å². The summed E-state index contributed by atoms with van der Waals surface area (Å²) in [6.45, 7) is 2.50. The number of hydrogen-bond acceptors (Lipinski definition) is 3. The van der Waals surface area contributed by atoms with Crippen molar-refractivity contribution in [3.05, 3.63) is 0 Å². The molecule has 1 atom stereocenters. The number of rotatable bonds is 4. The van der Waals surface area contributed by atoms with Gasteiger partial charge >= 0.3 is 0 Å². The number of thioether (sulfide) groups is 1. The zero-order chi connectivity index (χ0) is 10.6. The average molecular weight is 253 g/mol. The van der Waals surface area contributed by atoms with Gasteiger partial charge in [0.1, 0.15) is 0 Å². The topological polar surface area (TPSA) is 55.1 Å². The Hall–Kier alpha value is 0.0700. The predicted octanol–water partition coefficient (Wildman–Crippen LogP) is 1.55. The highest BCUT2D eigenvalue weighted by Crippen LogP contribution is 2.28. The predicted molar refractivity (Wildman–Crippen MR) is 68.6 cm³/mol. The van der Waals surface area contributed by atoms with Crippen molar-refractivity contribution < 1.29 is 4.79 Å². The third-order valence-corrected chi connectivity index (χ3v) is 3.98. The van der Waals surface area contributed by atoms with Gasteiger partial charge in [-0.1, -0.05) is 12.8 Å². The molecule has 0 radical (unpaired) electrons. The van der Waals surface area contributed by atoms with Crippen LogP contribution in [0.2, 0.25) is 0 Å². The van der Waals surface area contributed by atoms with Gasteiger partial charge in [0.15, 0.2) is 0 Å². The molecule has 0 aliphatic heterocycles. The normalized spacial score (nSPS) is 20.5. The van der Waals surface area contributed by atoms with E-state index in [1.54, 1.807) is 11.8 Å². The Bertz CT molecular complexity index is 208. The molecule has 1 rings (SSSR count). The molecule has 0 heterocycles. The zero-order valence-electron chi connectivity index (χ0n) is 9.41. The van der Waals surface area contributed by atoms with E-state index in [1.165, 1.54) is 12.8 Å². The largest absolute Gasteiger partial charge is 0.348 e. The maximum Gasteiger partial charge on any atom is 0.233 e. The van der Waals surface area contributed by atoms with Crippen LogP contribution in [0.3, 0.4) is 0 Å². The van der Waals surface area contributed by atoms with Crippen molar-refractivity contribution >= 4 is 30.1 Å². The highest BCUT2D eigenvalue weighted by Gasteiger charge is 2.34. The Kier molecular flexibility index (Phi) is 6.64. The minimum atomic E-state index is -0.0962. The van der Waals surface area contributed by atoms with Crippen LogP contribution < -0.4 is 11.1 Å². The highest BCUT2D eigenvalue weighted by atomic mass is 35.5. The molecule has 1 unspecified atom stereocenters. The molecule has 0 spiro atoms. The lowest BCUT2D eigenvalue weighted by Gasteiger charge is -2.29. The quantitative estimate of drug-likeness (QED) is 0.798. The SMILES string of the molecule is CSC(C)C(=O)NC1(CN)CCCC1.Cl. The molecular formula is C10H21ClN2OS. The van der Waals surface area contributed by atoms with Crippen molar-refractivity contribution in [3.8, 4) is 0 Å². The fourth-order valence-electron chi connectivity index (χ4n) is 1.90. The number of amides is 1. The van der Waals surface area contributed by atoms with Gasteiger partial charge in [0, 0.05) is 6.54 Å². The zero-order valence-corrected chi connectivity index (χ0v) is 11.0. The molecule has 3 nitrogen and oxygen atoms in total. The van der Waals surface area contributed by atoms with Crippen molar-refractivity contribution in [2.24, 2.45) is 5.73 Å². The number of nitrogens with one attached hydrogen (secondary N) is 1. The number of halogens is 1. The van der Waals surface area contributed by atoms with E-state index in [2.05, 4.69) is 5.32 Å². The molecule has 1 aliphatic carbocycles. The second-order valence-corrected chi connectivity index (χ2v) is 5.24. The van der Waals surface area contributed by atoms with Gasteiger partial charge in [-0.3, -0.25) is 4.79 Å². The van der Waals surface area contributed by atoms with E-state index in [9.17, 15) is 4.79 Å². The molecule has 1 saturated carbocycles.